The molecule has 1 saturated heterocycles. The van der Waals surface area contributed by atoms with Gasteiger partial charge in [-0.2, -0.15) is 0 Å². The summed E-state index contributed by atoms with van der Waals surface area (Å²) in [7, 11) is 0. The van der Waals surface area contributed by atoms with Crippen LogP contribution in [0.5, 0.6) is 5.75 Å². The third-order valence-corrected chi connectivity index (χ3v) is 3.76. The standard InChI is InChI=1S/C16H24N2O4/c1-12(20)14-9-13(11-19)16(10-15(14)17)22-6-2-3-18-4-7-21-8-5-18/h9-10,19H,2-8,11,17H2,1H3. The van der Waals surface area contributed by atoms with Crippen molar-refractivity contribution < 1.29 is 19.4 Å². The number of ketones is 1. The van der Waals surface area contributed by atoms with E-state index in [0.717, 1.165) is 39.3 Å². The van der Waals surface area contributed by atoms with Crippen molar-refractivity contribution in [2.75, 3.05) is 45.2 Å². The number of aliphatic hydroxyl groups is 1. The number of nitrogen functional groups attached to an aromatic ring is 1. The number of carbonyl (C=O) groups is 1. The van der Waals surface area contributed by atoms with E-state index in [2.05, 4.69) is 4.90 Å². The van der Waals surface area contributed by atoms with Gasteiger partial charge in [0.1, 0.15) is 5.75 Å². The molecule has 2 rings (SSSR count). The zero-order valence-electron chi connectivity index (χ0n) is 13.0. The van der Waals surface area contributed by atoms with Gasteiger partial charge >= 0.3 is 0 Å². The first-order valence-corrected chi connectivity index (χ1v) is 7.59. The monoisotopic (exact) mass is 308 g/mol. The van der Waals surface area contributed by atoms with Crippen LogP contribution in [-0.2, 0) is 11.3 Å². The Labute approximate surface area is 130 Å². The molecular formula is C16H24N2O4. The van der Waals surface area contributed by atoms with Crippen molar-refractivity contribution in [1.29, 1.82) is 0 Å². The Hall–Kier alpha value is -1.63. The molecule has 0 radical (unpaired) electrons. The van der Waals surface area contributed by atoms with Crippen molar-refractivity contribution in [1.82, 2.24) is 4.90 Å². The van der Waals surface area contributed by atoms with Crippen LogP contribution in [0.25, 0.3) is 0 Å². The molecule has 22 heavy (non-hydrogen) atoms. The summed E-state index contributed by atoms with van der Waals surface area (Å²) >= 11 is 0. The number of ether oxygens (including phenoxy) is 2. The van der Waals surface area contributed by atoms with E-state index in [1.165, 1.54) is 6.92 Å². The summed E-state index contributed by atoms with van der Waals surface area (Å²) in [5.74, 6) is 0.429. The zero-order chi connectivity index (χ0) is 15.9. The van der Waals surface area contributed by atoms with Crippen molar-refractivity contribution in [3.8, 4) is 5.75 Å². The van der Waals surface area contributed by atoms with Crippen LogP contribution in [0.2, 0.25) is 0 Å². The number of rotatable bonds is 7. The molecule has 1 aromatic carbocycles. The molecule has 0 atom stereocenters. The topological polar surface area (TPSA) is 85.0 Å². The van der Waals surface area contributed by atoms with Crippen LogP contribution in [0.4, 0.5) is 5.69 Å². The van der Waals surface area contributed by atoms with Gasteiger partial charge in [-0.05, 0) is 19.4 Å². The molecule has 0 saturated carbocycles. The van der Waals surface area contributed by atoms with E-state index in [-0.39, 0.29) is 12.4 Å². The largest absolute Gasteiger partial charge is 0.493 e. The van der Waals surface area contributed by atoms with Gasteiger partial charge in [0, 0.05) is 42.5 Å². The average molecular weight is 308 g/mol. The Kier molecular flexibility index (Phi) is 6.18. The second kappa shape index (κ2) is 8.12. The van der Waals surface area contributed by atoms with Crippen molar-refractivity contribution in [3.05, 3.63) is 23.3 Å². The molecule has 0 spiro atoms. The lowest BCUT2D eigenvalue weighted by Gasteiger charge is -2.26. The molecule has 3 N–H and O–H groups in total. The Balaban J connectivity index is 1.88. The van der Waals surface area contributed by atoms with Crippen LogP contribution in [0.15, 0.2) is 12.1 Å². The van der Waals surface area contributed by atoms with E-state index in [4.69, 9.17) is 15.2 Å². The van der Waals surface area contributed by atoms with Gasteiger partial charge in [-0.15, -0.1) is 0 Å². The minimum atomic E-state index is -0.181. The lowest BCUT2D eigenvalue weighted by Crippen LogP contribution is -2.37. The van der Waals surface area contributed by atoms with Crippen LogP contribution in [0.1, 0.15) is 29.3 Å². The third kappa shape index (κ3) is 4.43. The van der Waals surface area contributed by atoms with Crippen LogP contribution in [-0.4, -0.2) is 55.2 Å². The average Bonchev–Trinajstić information content (AvgIpc) is 2.52. The summed E-state index contributed by atoms with van der Waals surface area (Å²) in [6.45, 7) is 6.28. The maximum Gasteiger partial charge on any atom is 0.161 e. The Morgan fingerprint density at radius 1 is 1.41 bits per heavy atom. The van der Waals surface area contributed by atoms with Gasteiger partial charge < -0.3 is 20.3 Å². The molecule has 1 aliphatic heterocycles. The van der Waals surface area contributed by atoms with E-state index in [9.17, 15) is 9.90 Å². The predicted octanol–water partition coefficient (Wildman–Crippen LogP) is 1.06. The molecule has 0 amide bonds. The highest BCUT2D eigenvalue weighted by Crippen LogP contribution is 2.26. The molecule has 1 heterocycles. The first-order chi connectivity index (χ1) is 10.6. The molecule has 1 aliphatic rings. The molecule has 122 valence electrons. The number of carbonyl (C=O) groups excluding carboxylic acids is 1. The number of morpholine rings is 1. The lowest BCUT2D eigenvalue weighted by atomic mass is 10.0. The fourth-order valence-corrected chi connectivity index (χ4v) is 2.50. The van der Waals surface area contributed by atoms with Crippen LogP contribution in [0.3, 0.4) is 0 Å². The summed E-state index contributed by atoms with van der Waals surface area (Å²) in [4.78, 5) is 13.8. The van der Waals surface area contributed by atoms with Gasteiger partial charge in [-0.1, -0.05) is 0 Å². The molecule has 0 bridgehead atoms. The van der Waals surface area contributed by atoms with E-state index in [0.29, 0.717) is 29.2 Å². The summed E-state index contributed by atoms with van der Waals surface area (Å²) in [6.07, 6.45) is 0.888. The fraction of sp³-hybridized carbons (Fsp3) is 0.562. The number of anilines is 1. The Bertz CT molecular complexity index is 513. The molecule has 0 aromatic heterocycles. The van der Waals surface area contributed by atoms with Gasteiger partial charge in [0.15, 0.2) is 5.78 Å². The Morgan fingerprint density at radius 2 is 2.14 bits per heavy atom. The molecular weight excluding hydrogens is 284 g/mol. The number of nitrogens with zero attached hydrogens (tertiary/aromatic N) is 1. The minimum Gasteiger partial charge on any atom is -0.493 e. The SMILES string of the molecule is CC(=O)c1cc(CO)c(OCCCN2CCOCC2)cc1N. The highest BCUT2D eigenvalue weighted by atomic mass is 16.5. The summed E-state index contributed by atoms with van der Waals surface area (Å²) in [6, 6.07) is 3.23. The maximum atomic E-state index is 11.5. The number of aliphatic hydroxyl groups excluding tert-OH is 1. The number of hydrogen-bond donors (Lipinski definition) is 2. The number of benzene rings is 1. The lowest BCUT2D eigenvalue weighted by molar-refractivity contribution is 0.0357. The van der Waals surface area contributed by atoms with Gasteiger partial charge in [0.25, 0.3) is 0 Å². The highest BCUT2D eigenvalue weighted by molar-refractivity contribution is 5.99. The van der Waals surface area contributed by atoms with Gasteiger partial charge in [0.2, 0.25) is 0 Å². The summed E-state index contributed by atoms with van der Waals surface area (Å²) in [5.41, 5.74) is 7.25. The number of Topliss-reactive ketones (excluding diaryl/α,β-unsaturated/α-hetero) is 1. The number of hydrogen-bond acceptors (Lipinski definition) is 6. The van der Waals surface area contributed by atoms with Crippen LogP contribution < -0.4 is 10.5 Å². The van der Waals surface area contributed by atoms with Gasteiger partial charge in [-0.3, -0.25) is 9.69 Å². The second-order valence-corrected chi connectivity index (χ2v) is 5.42. The van der Waals surface area contributed by atoms with Crippen molar-refractivity contribution in [2.24, 2.45) is 0 Å². The second-order valence-electron chi connectivity index (χ2n) is 5.42. The third-order valence-electron chi connectivity index (χ3n) is 3.76. The van der Waals surface area contributed by atoms with E-state index in [1.54, 1.807) is 12.1 Å². The van der Waals surface area contributed by atoms with Crippen molar-refractivity contribution in [2.45, 2.75) is 20.0 Å². The molecule has 6 heteroatoms. The zero-order valence-corrected chi connectivity index (χ0v) is 13.0. The first kappa shape index (κ1) is 16.7. The van der Waals surface area contributed by atoms with Crippen LogP contribution in [0, 0.1) is 0 Å². The summed E-state index contributed by atoms with van der Waals surface area (Å²) in [5, 5.41) is 9.42. The van der Waals surface area contributed by atoms with Crippen molar-refractivity contribution in [3.63, 3.8) is 0 Å². The van der Waals surface area contributed by atoms with Gasteiger partial charge in [-0.25, -0.2) is 0 Å². The normalized spacial score (nSPS) is 15.7. The quantitative estimate of drug-likeness (QED) is 0.445. The highest BCUT2D eigenvalue weighted by Gasteiger charge is 2.13. The molecule has 1 fully saturated rings. The van der Waals surface area contributed by atoms with Crippen LogP contribution >= 0.6 is 0 Å². The first-order valence-electron chi connectivity index (χ1n) is 7.59. The smallest absolute Gasteiger partial charge is 0.161 e. The molecule has 0 aliphatic carbocycles. The van der Waals surface area contributed by atoms with E-state index in [1.807, 2.05) is 0 Å². The molecule has 6 nitrogen and oxygen atoms in total. The molecule has 0 unspecified atom stereocenters. The molecule has 1 aromatic rings. The van der Waals surface area contributed by atoms with Gasteiger partial charge in [0.05, 0.1) is 26.4 Å². The minimum absolute atomic E-state index is 0.119. The summed E-state index contributed by atoms with van der Waals surface area (Å²) < 4.78 is 11.0. The number of nitrogens with two attached hydrogens (primary N) is 1. The predicted molar refractivity (Wildman–Crippen MR) is 84.2 cm³/mol. The Morgan fingerprint density at radius 3 is 2.77 bits per heavy atom. The van der Waals surface area contributed by atoms with Crippen molar-refractivity contribution >= 4 is 11.5 Å². The fourth-order valence-electron chi connectivity index (χ4n) is 2.50. The van der Waals surface area contributed by atoms with E-state index < -0.39 is 0 Å². The maximum absolute atomic E-state index is 11.5. The van der Waals surface area contributed by atoms with E-state index >= 15 is 0 Å².